The first kappa shape index (κ1) is 17.3. The molecule has 0 bridgehead atoms. The fourth-order valence-corrected chi connectivity index (χ4v) is 2.64. The molecule has 1 saturated carbocycles. The van der Waals surface area contributed by atoms with Crippen LogP contribution in [0.5, 0.6) is 0 Å². The van der Waals surface area contributed by atoms with Crippen LogP contribution in [0.15, 0.2) is 0 Å². The lowest BCUT2D eigenvalue weighted by Crippen LogP contribution is -2.51. The van der Waals surface area contributed by atoms with Gasteiger partial charge < -0.3 is 20.5 Å². The van der Waals surface area contributed by atoms with Gasteiger partial charge in [0.25, 0.3) is 0 Å². The monoisotopic (exact) mass is 300 g/mol. The first-order valence-corrected chi connectivity index (χ1v) is 7.41. The van der Waals surface area contributed by atoms with Crippen molar-refractivity contribution < 1.29 is 24.2 Å². The summed E-state index contributed by atoms with van der Waals surface area (Å²) in [5, 5.41) is 14.4. The lowest BCUT2D eigenvalue weighted by atomic mass is 9.93. The van der Waals surface area contributed by atoms with E-state index >= 15 is 0 Å². The summed E-state index contributed by atoms with van der Waals surface area (Å²) in [7, 11) is 0. The summed E-state index contributed by atoms with van der Waals surface area (Å²) in [6.07, 6.45) is 3.94. The van der Waals surface area contributed by atoms with E-state index < -0.39 is 11.5 Å². The zero-order valence-electron chi connectivity index (χ0n) is 12.4. The van der Waals surface area contributed by atoms with Crippen LogP contribution in [0.1, 0.15) is 51.9 Å². The second kappa shape index (κ2) is 8.49. The molecule has 0 atom stereocenters. The van der Waals surface area contributed by atoms with E-state index in [0.717, 1.165) is 12.8 Å². The number of carbonyl (C=O) groups excluding carboxylic acids is 2. The number of hydrogen-bond acceptors (Lipinski definition) is 4. The molecule has 7 nitrogen and oxygen atoms in total. The fourth-order valence-electron chi connectivity index (χ4n) is 2.64. The summed E-state index contributed by atoms with van der Waals surface area (Å²) >= 11 is 0. The van der Waals surface area contributed by atoms with E-state index in [-0.39, 0.29) is 24.8 Å². The van der Waals surface area contributed by atoms with Gasteiger partial charge in [-0.15, -0.1) is 0 Å². The zero-order chi connectivity index (χ0) is 15.7. The Labute approximate surface area is 124 Å². The maximum absolute atomic E-state index is 11.8. The minimum atomic E-state index is -0.903. The number of esters is 1. The molecule has 1 fully saturated rings. The number of ether oxygens (including phenoxy) is 1. The highest BCUT2D eigenvalue weighted by Gasteiger charge is 2.37. The third-order valence-electron chi connectivity index (χ3n) is 3.58. The van der Waals surface area contributed by atoms with E-state index in [1.165, 1.54) is 0 Å². The number of urea groups is 1. The highest BCUT2D eigenvalue weighted by atomic mass is 16.5. The normalized spacial score (nSPS) is 16.2. The number of carboxylic acid groups (broad SMARTS) is 1. The molecule has 0 aromatic rings. The minimum absolute atomic E-state index is 0.0523. The molecular formula is C14H24N2O5. The van der Waals surface area contributed by atoms with Crippen molar-refractivity contribution in [2.75, 3.05) is 13.2 Å². The number of rotatable bonds is 8. The summed E-state index contributed by atoms with van der Waals surface area (Å²) in [4.78, 5) is 33.9. The number of carbonyl (C=O) groups is 3. The van der Waals surface area contributed by atoms with Gasteiger partial charge in [-0.25, -0.2) is 4.79 Å². The highest BCUT2D eigenvalue weighted by molar-refractivity contribution is 5.77. The molecule has 1 rings (SSSR count). The van der Waals surface area contributed by atoms with Gasteiger partial charge in [0.15, 0.2) is 0 Å². The van der Waals surface area contributed by atoms with Gasteiger partial charge >= 0.3 is 18.0 Å². The Morgan fingerprint density at radius 1 is 1.24 bits per heavy atom. The molecule has 0 saturated heterocycles. The van der Waals surface area contributed by atoms with Crippen LogP contribution < -0.4 is 10.6 Å². The van der Waals surface area contributed by atoms with Crippen LogP contribution in [-0.4, -0.2) is 41.8 Å². The second-order valence-electron chi connectivity index (χ2n) is 5.35. The van der Waals surface area contributed by atoms with E-state index in [0.29, 0.717) is 32.4 Å². The predicted molar refractivity (Wildman–Crippen MR) is 75.9 cm³/mol. The van der Waals surface area contributed by atoms with Gasteiger partial charge in [0.1, 0.15) is 0 Å². The van der Waals surface area contributed by atoms with Gasteiger partial charge in [-0.1, -0.05) is 12.8 Å². The Hall–Kier alpha value is -1.79. The average Bonchev–Trinajstić information content (AvgIpc) is 2.82. The van der Waals surface area contributed by atoms with Crippen molar-refractivity contribution in [2.24, 2.45) is 0 Å². The van der Waals surface area contributed by atoms with Crippen molar-refractivity contribution in [3.8, 4) is 0 Å². The van der Waals surface area contributed by atoms with Gasteiger partial charge in [0.2, 0.25) is 0 Å². The second-order valence-corrected chi connectivity index (χ2v) is 5.35. The zero-order valence-corrected chi connectivity index (χ0v) is 12.4. The van der Waals surface area contributed by atoms with Crippen molar-refractivity contribution >= 4 is 18.0 Å². The Morgan fingerprint density at radius 2 is 1.90 bits per heavy atom. The minimum Gasteiger partial charge on any atom is -0.481 e. The quantitative estimate of drug-likeness (QED) is 0.464. The first-order chi connectivity index (χ1) is 9.97. The number of hydrogen-bond donors (Lipinski definition) is 3. The van der Waals surface area contributed by atoms with Crippen LogP contribution >= 0.6 is 0 Å². The molecule has 21 heavy (non-hydrogen) atoms. The Kier molecular flexibility index (Phi) is 6.98. The summed E-state index contributed by atoms with van der Waals surface area (Å²) in [5.74, 6) is -1.18. The summed E-state index contributed by atoms with van der Waals surface area (Å²) in [6.45, 7) is 2.45. The van der Waals surface area contributed by atoms with E-state index in [1.807, 2.05) is 0 Å². The third-order valence-corrected chi connectivity index (χ3v) is 3.58. The SMILES string of the molecule is CCOC(=O)CCCNC(=O)NC1(CC(=O)O)CCCC1. The highest BCUT2D eigenvalue weighted by Crippen LogP contribution is 2.32. The number of amides is 2. The van der Waals surface area contributed by atoms with Gasteiger partial charge in [-0.3, -0.25) is 9.59 Å². The molecule has 1 aliphatic rings. The molecule has 0 aromatic carbocycles. The fraction of sp³-hybridized carbons (Fsp3) is 0.786. The smallest absolute Gasteiger partial charge is 0.315 e. The van der Waals surface area contributed by atoms with Crippen LogP contribution in [-0.2, 0) is 14.3 Å². The van der Waals surface area contributed by atoms with Gasteiger partial charge in [0.05, 0.1) is 18.6 Å². The van der Waals surface area contributed by atoms with Crippen molar-refractivity contribution in [3.05, 3.63) is 0 Å². The molecule has 0 aromatic heterocycles. The molecule has 0 unspecified atom stereocenters. The molecule has 120 valence electrons. The van der Waals surface area contributed by atoms with Crippen LogP contribution in [0.2, 0.25) is 0 Å². The lowest BCUT2D eigenvalue weighted by molar-refractivity contribution is -0.143. The summed E-state index contributed by atoms with van der Waals surface area (Å²) in [6, 6.07) is -0.373. The first-order valence-electron chi connectivity index (χ1n) is 7.41. The van der Waals surface area contributed by atoms with Crippen LogP contribution in [0.3, 0.4) is 0 Å². The molecule has 0 spiro atoms. The molecule has 0 heterocycles. The Morgan fingerprint density at radius 3 is 2.48 bits per heavy atom. The predicted octanol–water partition coefficient (Wildman–Crippen LogP) is 1.42. The van der Waals surface area contributed by atoms with Crippen LogP contribution in [0, 0.1) is 0 Å². The van der Waals surface area contributed by atoms with Gasteiger partial charge in [-0.05, 0) is 26.2 Å². The van der Waals surface area contributed by atoms with E-state index in [2.05, 4.69) is 10.6 Å². The maximum Gasteiger partial charge on any atom is 0.315 e. The Balaban J connectivity index is 2.28. The molecule has 3 N–H and O–H groups in total. The molecular weight excluding hydrogens is 276 g/mol. The van der Waals surface area contributed by atoms with E-state index in [1.54, 1.807) is 6.92 Å². The number of nitrogens with one attached hydrogen (secondary N) is 2. The molecule has 7 heteroatoms. The number of aliphatic carboxylic acids is 1. The summed E-state index contributed by atoms with van der Waals surface area (Å²) in [5.41, 5.74) is -0.628. The maximum atomic E-state index is 11.8. The van der Waals surface area contributed by atoms with E-state index in [4.69, 9.17) is 9.84 Å². The van der Waals surface area contributed by atoms with Crippen molar-refractivity contribution in [1.29, 1.82) is 0 Å². The largest absolute Gasteiger partial charge is 0.481 e. The van der Waals surface area contributed by atoms with Crippen molar-refractivity contribution in [3.63, 3.8) is 0 Å². The molecule has 2 amide bonds. The van der Waals surface area contributed by atoms with Crippen LogP contribution in [0.4, 0.5) is 4.79 Å². The van der Waals surface area contributed by atoms with Crippen LogP contribution in [0.25, 0.3) is 0 Å². The standard InChI is InChI=1S/C14H24N2O5/c1-2-21-12(19)6-5-9-15-13(20)16-14(10-11(17)18)7-3-4-8-14/h2-10H2,1H3,(H,17,18)(H2,15,16,20). The number of carboxylic acids is 1. The lowest BCUT2D eigenvalue weighted by Gasteiger charge is -2.28. The Bertz CT molecular complexity index is 378. The van der Waals surface area contributed by atoms with Crippen molar-refractivity contribution in [1.82, 2.24) is 10.6 Å². The molecule has 0 radical (unpaired) electrons. The molecule has 1 aliphatic carbocycles. The average molecular weight is 300 g/mol. The van der Waals surface area contributed by atoms with E-state index in [9.17, 15) is 14.4 Å². The van der Waals surface area contributed by atoms with Gasteiger partial charge in [0, 0.05) is 13.0 Å². The topological polar surface area (TPSA) is 105 Å². The molecule has 0 aliphatic heterocycles. The van der Waals surface area contributed by atoms with Crippen molar-refractivity contribution in [2.45, 2.75) is 57.4 Å². The van der Waals surface area contributed by atoms with Gasteiger partial charge in [-0.2, -0.15) is 0 Å². The summed E-state index contributed by atoms with van der Waals surface area (Å²) < 4.78 is 4.78. The third kappa shape index (κ3) is 6.46.